The molecule has 1 fully saturated rings. The molecule has 1 saturated heterocycles. The Balaban J connectivity index is 2.35. The van der Waals surface area contributed by atoms with E-state index in [2.05, 4.69) is 38.3 Å². The topological polar surface area (TPSA) is 42.3 Å². The summed E-state index contributed by atoms with van der Waals surface area (Å²) in [6.45, 7) is 10.8. The van der Waals surface area contributed by atoms with Gasteiger partial charge in [0, 0.05) is 24.0 Å². The third kappa shape index (κ3) is 2.93. The molecule has 0 saturated carbocycles. The molecule has 1 aromatic heterocycles. The highest BCUT2D eigenvalue weighted by Gasteiger charge is 2.34. The van der Waals surface area contributed by atoms with Crippen LogP contribution in [0.1, 0.15) is 50.2 Å². The lowest BCUT2D eigenvalue weighted by molar-refractivity contribution is -0.122. The zero-order valence-electron chi connectivity index (χ0n) is 13.3. The minimum atomic E-state index is -0.166. The van der Waals surface area contributed by atoms with Crippen molar-refractivity contribution >= 4 is 29.0 Å². The van der Waals surface area contributed by atoms with E-state index in [1.165, 1.54) is 10.6 Å². The van der Waals surface area contributed by atoms with E-state index in [-0.39, 0.29) is 11.1 Å². The number of aromatic nitrogens is 1. The number of thioether (sulfide) groups is 1. The Morgan fingerprint density at radius 1 is 1.29 bits per heavy atom. The van der Waals surface area contributed by atoms with E-state index in [1.54, 1.807) is 0 Å². The number of hydrogen-bond acceptors (Lipinski definition) is 3. The van der Waals surface area contributed by atoms with Gasteiger partial charge in [0.25, 0.3) is 11.1 Å². The molecule has 21 heavy (non-hydrogen) atoms. The van der Waals surface area contributed by atoms with Crippen LogP contribution in [0.25, 0.3) is 6.08 Å². The molecule has 1 aromatic rings. The summed E-state index contributed by atoms with van der Waals surface area (Å²) in [7, 11) is 0. The average Bonchev–Trinajstić information content (AvgIpc) is 2.81. The molecular formula is C16H22N2O2S. The van der Waals surface area contributed by atoms with Crippen LogP contribution in [-0.4, -0.2) is 27.2 Å². The molecule has 2 heterocycles. The Hall–Kier alpha value is -1.49. The fourth-order valence-electron chi connectivity index (χ4n) is 2.80. The van der Waals surface area contributed by atoms with Crippen LogP contribution in [0.5, 0.6) is 0 Å². The summed E-state index contributed by atoms with van der Waals surface area (Å²) < 4.78 is 2.24. The van der Waals surface area contributed by atoms with E-state index in [9.17, 15) is 9.59 Å². The maximum Gasteiger partial charge on any atom is 0.293 e. The number of aryl methyl sites for hydroxylation is 1. The zero-order valence-corrected chi connectivity index (χ0v) is 14.1. The number of carbonyl (C=O) groups is 2. The van der Waals surface area contributed by atoms with E-state index in [0.29, 0.717) is 17.5 Å². The van der Waals surface area contributed by atoms with Gasteiger partial charge < -0.3 is 4.57 Å². The average molecular weight is 306 g/mol. The summed E-state index contributed by atoms with van der Waals surface area (Å²) in [5.41, 5.74) is 3.31. The lowest BCUT2D eigenvalue weighted by atomic mass is 10.2. The van der Waals surface area contributed by atoms with Crippen LogP contribution in [0.4, 0.5) is 4.79 Å². The van der Waals surface area contributed by atoms with E-state index >= 15 is 0 Å². The Bertz CT molecular complexity index is 614. The van der Waals surface area contributed by atoms with Crippen LogP contribution in [0.15, 0.2) is 11.0 Å². The molecule has 0 bridgehead atoms. The molecule has 1 aliphatic rings. The van der Waals surface area contributed by atoms with Crippen molar-refractivity contribution in [2.24, 2.45) is 0 Å². The first-order chi connectivity index (χ1) is 9.86. The van der Waals surface area contributed by atoms with Gasteiger partial charge >= 0.3 is 0 Å². The molecule has 1 aliphatic heterocycles. The van der Waals surface area contributed by atoms with Gasteiger partial charge in [0.1, 0.15) is 0 Å². The summed E-state index contributed by atoms with van der Waals surface area (Å²) in [5, 5.41) is -0.161. The quantitative estimate of drug-likeness (QED) is 0.785. The minimum Gasteiger partial charge on any atom is -0.346 e. The Kier molecular flexibility index (Phi) is 4.61. The van der Waals surface area contributed by atoms with Crippen molar-refractivity contribution in [1.29, 1.82) is 0 Å². The molecule has 0 N–H and O–H groups in total. The predicted octanol–water partition coefficient (Wildman–Crippen LogP) is 4.13. The number of nitrogens with zero attached hydrogens (tertiary/aromatic N) is 2. The van der Waals surface area contributed by atoms with Gasteiger partial charge in [-0.25, -0.2) is 0 Å². The van der Waals surface area contributed by atoms with E-state index in [4.69, 9.17) is 0 Å². The van der Waals surface area contributed by atoms with E-state index in [0.717, 1.165) is 29.4 Å². The maximum atomic E-state index is 12.3. The standard InChI is InChI=1S/C16H22N2O2S/c1-6-7-17-15(19)14(21-16(17)20)9-13-8-11(4)18(10(2)3)12(13)5/h8-10H,6-7H2,1-5H3/b14-9+. The predicted molar refractivity (Wildman–Crippen MR) is 87.3 cm³/mol. The lowest BCUT2D eigenvalue weighted by Gasteiger charge is -2.13. The summed E-state index contributed by atoms with van der Waals surface area (Å²) in [6, 6.07) is 2.45. The van der Waals surface area contributed by atoms with Gasteiger partial charge in [0.15, 0.2) is 0 Å². The van der Waals surface area contributed by atoms with Crippen molar-refractivity contribution in [1.82, 2.24) is 9.47 Å². The second-order valence-corrected chi connectivity index (χ2v) is 6.62. The molecule has 0 spiro atoms. The van der Waals surface area contributed by atoms with Crippen LogP contribution in [0, 0.1) is 13.8 Å². The smallest absolute Gasteiger partial charge is 0.293 e. The third-order valence-electron chi connectivity index (χ3n) is 3.65. The van der Waals surface area contributed by atoms with E-state index < -0.39 is 0 Å². The third-order valence-corrected chi connectivity index (χ3v) is 4.55. The van der Waals surface area contributed by atoms with Crippen molar-refractivity contribution in [2.75, 3.05) is 6.54 Å². The highest BCUT2D eigenvalue weighted by atomic mass is 32.2. The number of carbonyl (C=O) groups excluding carboxylic acids is 2. The normalized spacial score (nSPS) is 17.6. The number of hydrogen-bond donors (Lipinski definition) is 0. The maximum absolute atomic E-state index is 12.3. The van der Waals surface area contributed by atoms with Crippen molar-refractivity contribution < 1.29 is 9.59 Å². The minimum absolute atomic E-state index is 0.161. The van der Waals surface area contributed by atoms with Gasteiger partial charge in [-0.05, 0) is 63.6 Å². The summed E-state index contributed by atoms with van der Waals surface area (Å²) in [6.07, 6.45) is 2.63. The fourth-order valence-corrected chi connectivity index (χ4v) is 3.66. The zero-order chi connectivity index (χ0) is 15.7. The summed E-state index contributed by atoms with van der Waals surface area (Å²) >= 11 is 1.04. The fraction of sp³-hybridized carbons (Fsp3) is 0.500. The van der Waals surface area contributed by atoms with Gasteiger partial charge in [-0.15, -0.1) is 0 Å². The van der Waals surface area contributed by atoms with Crippen LogP contribution < -0.4 is 0 Å². The monoisotopic (exact) mass is 306 g/mol. The van der Waals surface area contributed by atoms with Crippen LogP contribution in [0.2, 0.25) is 0 Å². The molecule has 0 aliphatic carbocycles. The molecule has 0 unspecified atom stereocenters. The van der Waals surface area contributed by atoms with Crippen molar-refractivity contribution in [3.63, 3.8) is 0 Å². The van der Waals surface area contributed by atoms with Gasteiger partial charge in [-0.1, -0.05) is 6.92 Å². The molecule has 0 radical (unpaired) electrons. The molecule has 5 heteroatoms. The van der Waals surface area contributed by atoms with Gasteiger partial charge in [0.05, 0.1) is 4.91 Å². The Morgan fingerprint density at radius 3 is 2.48 bits per heavy atom. The first-order valence-corrected chi connectivity index (χ1v) is 8.12. The molecule has 2 amide bonds. The van der Waals surface area contributed by atoms with Crippen molar-refractivity contribution in [2.45, 2.75) is 47.1 Å². The summed E-state index contributed by atoms with van der Waals surface area (Å²) in [4.78, 5) is 26.0. The van der Waals surface area contributed by atoms with Crippen molar-refractivity contribution in [3.8, 4) is 0 Å². The number of amides is 2. The van der Waals surface area contributed by atoms with Gasteiger partial charge in [-0.3, -0.25) is 14.5 Å². The number of rotatable bonds is 4. The van der Waals surface area contributed by atoms with Crippen LogP contribution >= 0.6 is 11.8 Å². The highest BCUT2D eigenvalue weighted by Crippen LogP contribution is 2.33. The number of imide groups is 1. The molecule has 0 atom stereocenters. The molecule has 2 rings (SSSR count). The second-order valence-electron chi connectivity index (χ2n) is 5.62. The van der Waals surface area contributed by atoms with Crippen LogP contribution in [-0.2, 0) is 4.79 Å². The largest absolute Gasteiger partial charge is 0.346 e. The molecule has 114 valence electrons. The Labute approximate surface area is 130 Å². The lowest BCUT2D eigenvalue weighted by Crippen LogP contribution is -2.28. The molecule has 4 nitrogen and oxygen atoms in total. The highest BCUT2D eigenvalue weighted by molar-refractivity contribution is 8.18. The Morgan fingerprint density at radius 2 is 1.95 bits per heavy atom. The van der Waals surface area contributed by atoms with Crippen molar-refractivity contribution in [3.05, 3.63) is 27.9 Å². The van der Waals surface area contributed by atoms with E-state index in [1.807, 2.05) is 13.0 Å². The first-order valence-electron chi connectivity index (χ1n) is 7.30. The molecular weight excluding hydrogens is 284 g/mol. The molecule has 0 aromatic carbocycles. The van der Waals surface area contributed by atoms with Crippen LogP contribution in [0.3, 0.4) is 0 Å². The van der Waals surface area contributed by atoms with Gasteiger partial charge in [0.2, 0.25) is 0 Å². The summed E-state index contributed by atoms with van der Waals surface area (Å²) in [5.74, 6) is -0.166. The second kappa shape index (κ2) is 6.10. The first kappa shape index (κ1) is 15.9. The van der Waals surface area contributed by atoms with Gasteiger partial charge in [-0.2, -0.15) is 0 Å². The SMILES string of the molecule is CCCN1C(=O)S/C(=C/c2cc(C)n(C(C)C)c2C)C1=O.